The Kier molecular flexibility index (Phi) is 3.99. The van der Waals surface area contributed by atoms with E-state index in [-0.39, 0.29) is 6.61 Å². The van der Waals surface area contributed by atoms with Gasteiger partial charge in [-0.15, -0.1) is 0 Å². The second-order valence-corrected chi connectivity index (χ2v) is 3.14. The first-order valence-electron chi connectivity index (χ1n) is 3.59. The molecule has 0 aromatic carbocycles. The number of carbonyl (C=O) groups excluding carboxylic acids is 1. The molecule has 0 aliphatic carbocycles. The molecule has 0 aliphatic rings. The summed E-state index contributed by atoms with van der Waals surface area (Å²) in [6, 6.07) is 1.60. The summed E-state index contributed by atoms with van der Waals surface area (Å²) in [5.74, 6) is 0. The van der Waals surface area contributed by atoms with Crippen molar-refractivity contribution in [1.82, 2.24) is 4.98 Å². The molecular formula is C8H7Cl2NO2. The predicted octanol–water partition coefficient (Wildman–Crippen LogP) is 2.10. The van der Waals surface area contributed by atoms with Crippen LogP contribution in [0.3, 0.4) is 0 Å². The van der Waals surface area contributed by atoms with Crippen LogP contribution >= 0.6 is 23.2 Å². The van der Waals surface area contributed by atoms with Crippen molar-refractivity contribution in [2.24, 2.45) is 0 Å². The lowest BCUT2D eigenvalue weighted by Crippen LogP contribution is -1.99. The predicted molar refractivity (Wildman–Crippen MR) is 50.0 cm³/mol. The number of pyridine rings is 1. The van der Waals surface area contributed by atoms with Crippen LogP contribution in [0.25, 0.3) is 0 Å². The average molecular weight is 220 g/mol. The summed E-state index contributed by atoms with van der Waals surface area (Å²) in [5, 5.41) is 0.979. The zero-order valence-electron chi connectivity index (χ0n) is 6.67. The molecule has 0 fully saturated rings. The number of hydrogen-bond donors (Lipinski definition) is 0. The molecule has 0 bridgehead atoms. The standard InChI is InChI=1S/C8H7Cl2NO2/c9-6-3-7(10)8(11-4-6)1-2-13-5-12/h3-5H,1-2H2. The second-order valence-electron chi connectivity index (χ2n) is 2.30. The summed E-state index contributed by atoms with van der Waals surface area (Å²) in [6.45, 7) is 0.668. The summed E-state index contributed by atoms with van der Waals surface area (Å²) in [5.41, 5.74) is 0.674. The van der Waals surface area contributed by atoms with Crippen molar-refractivity contribution in [1.29, 1.82) is 0 Å². The van der Waals surface area contributed by atoms with Gasteiger partial charge in [-0.1, -0.05) is 23.2 Å². The van der Waals surface area contributed by atoms with Crippen molar-refractivity contribution in [2.45, 2.75) is 6.42 Å². The summed E-state index contributed by atoms with van der Waals surface area (Å²) < 4.78 is 4.51. The van der Waals surface area contributed by atoms with Gasteiger partial charge in [-0.2, -0.15) is 0 Å². The lowest BCUT2D eigenvalue weighted by Gasteiger charge is -2.01. The molecule has 0 N–H and O–H groups in total. The molecule has 0 saturated carbocycles. The maximum absolute atomic E-state index is 9.84. The SMILES string of the molecule is O=COCCc1ncc(Cl)cc1Cl. The molecule has 5 heteroatoms. The Balaban J connectivity index is 2.61. The Morgan fingerprint density at radius 2 is 2.31 bits per heavy atom. The normalized spacial score (nSPS) is 9.69. The molecule has 0 atom stereocenters. The van der Waals surface area contributed by atoms with Crippen LogP contribution in [0.15, 0.2) is 12.3 Å². The number of nitrogens with zero attached hydrogens (tertiary/aromatic N) is 1. The minimum absolute atomic E-state index is 0.276. The lowest BCUT2D eigenvalue weighted by atomic mass is 10.3. The van der Waals surface area contributed by atoms with Gasteiger partial charge >= 0.3 is 0 Å². The van der Waals surface area contributed by atoms with Crippen LogP contribution in [0.5, 0.6) is 0 Å². The number of halogens is 2. The molecule has 1 heterocycles. The van der Waals surface area contributed by atoms with E-state index in [1.165, 1.54) is 6.20 Å². The fourth-order valence-corrected chi connectivity index (χ4v) is 1.31. The molecule has 0 amide bonds. The number of ether oxygens (including phenoxy) is 1. The quantitative estimate of drug-likeness (QED) is 0.576. The van der Waals surface area contributed by atoms with E-state index in [1.807, 2.05) is 0 Å². The van der Waals surface area contributed by atoms with Crippen molar-refractivity contribution in [2.75, 3.05) is 6.61 Å². The molecule has 13 heavy (non-hydrogen) atoms. The third-order valence-corrected chi connectivity index (χ3v) is 1.94. The van der Waals surface area contributed by atoms with Crippen LogP contribution in [-0.4, -0.2) is 18.1 Å². The number of rotatable bonds is 4. The Bertz CT molecular complexity index is 304. The van der Waals surface area contributed by atoms with Crippen LogP contribution < -0.4 is 0 Å². The Morgan fingerprint density at radius 3 is 2.92 bits per heavy atom. The van der Waals surface area contributed by atoms with Gasteiger partial charge in [0.2, 0.25) is 0 Å². The fourth-order valence-electron chi connectivity index (χ4n) is 0.831. The minimum Gasteiger partial charge on any atom is -0.467 e. The summed E-state index contributed by atoms with van der Waals surface area (Å²) in [7, 11) is 0. The Labute approximate surface area is 85.6 Å². The third kappa shape index (κ3) is 3.20. The molecule has 0 spiro atoms. The first kappa shape index (κ1) is 10.3. The highest BCUT2D eigenvalue weighted by molar-refractivity contribution is 6.34. The Hall–Kier alpha value is -0.800. The van der Waals surface area contributed by atoms with Crippen molar-refractivity contribution < 1.29 is 9.53 Å². The molecule has 1 rings (SSSR count). The van der Waals surface area contributed by atoms with Crippen LogP contribution in [0.2, 0.25) is 10.0 Å². The van der Waals surface area contributed by atoms with E-state index in [1.54, 1.807) is 6.07 Å². The van der Waals surface area contributed by atoms with E-state index >= 15 is 0 Å². The average Bonchev–Trinajstić information content (AvgIpc) is 2.09. The van der Waals surface area contributed by atoms with Gasteiger partial charge in [0.15, 0.2) is 0 Å². The maximum Gasteiger partial charge on any atom is 0.293 e. The maximum atomic E-state index is 9.84. The van der Waals surface area contributed by atoms with Gasteiger partial charge in [0.25, 0.3) is 6.47 Å². The van der Waals surface area contributed by atoms with E-state index in [0.29, 0.717) is 28.6 Å². The van der Waals surface area contributed by atoms with Gasteiger partial charge in [-0.3, -0.25) is 9.78 Å². The van der Waals surface area contributed by atoms with Crippen molar-refractivity contribution in [3.63, 3.8) is 0 Å². The van der Waals surface area contributed by atoms with Gasteiger partial charge in [0.1, 0.15) is 0 Å². The Morgan fingerprint density at radius 1 is 1.54 bits per heavy atom. The monoisotopic (exact) mass is 219 g/mol. The van der Waals surface area contributed by atoms with E-state index in [4.69, 9.17) is 23.2 Å². The zero-order valence-corrected chi connectivity index (χ0v) is 8.18. The molecular weight excluding hydrogens is 213 g/mol. The number of carbonyl (C=O) groups is 1. The molecule has 70 valence electrons. The fraction of sp³-hybridized carbons (Fsp3) is 0.250. The van der Waals surface area contributed by atoms with Gasteiger partial charge in [-0.25, -0.2) is 0 Å². The third-order valence-electron chi connectivity index (χ3n) is 1.41. The molecule has 0 aliphatic heterocycles. The molecule has 1 aromatic heterocycles. The van der Waals surface area contributed by atoms with Gasteiger partial charge in [0, 0.05) is 12.6 Å². The lowest BCUT2D eigenvalue weighted by molar-refractivity contribution is -0.128. The molecule has 1 aromatic rings. The smallest absolute Gasteiger partial charge is 0.293 e. The van der Waals surface area contributed by atoms with Crippen LogP contribution in [0.4, 0.5) is 0 Å². The van der Waals surface area contributed by atoms with Crippen LogP contribution in [0, 0.1) is 0 Å². The first-order valence-corrected chi connectivity index (χ1v) is 4.35. The van der Waals surface area contributed by atoms with E-state index in [9.17, 15) is 4.79 Å². The molecule has 0 radical (unpaired) electrons. The van der Waals surface area contributed by atoms with Gasteiger partial charge in [-0.05, 0) is 6.07 Å². The van der Waals surface area contributed by atoms with Crippen molar-refractivity contribution >= 4 is 29.7 Å². The van der Waals surface area contributed by atoms with Crippen LogP contribution in [-0.2, 0) is 16.0 Å². The minimum atomic E-state index is 0.276. The van der Waals surface area contributed by atoms with E-state index < -0.39 is 0 Å². The van der Waals surface area contributed by atoms with Gasteiger partial charge < -0.3 is 4.74 Å². The largest absolute Gasteiger partial charge is 0.467 e. The second kappa shape index (κ2) is 5.04. The number of hydrogen-bond acceptors (Lipinski definition) is 3. The van der Waals surface area contributed by atoms with Crippen molar-refractivity contribution in [3.05, 3.63) is 28.0 Å². The van der Waals surface area contributed by atoms with E-state index in [2.05, 4.69) is 9.72 Å². The van der Waals surface area contributed by atoms with Crippen molar-refractivity contribution in [3.8, 4) is 0 Å². The highest BCUT2D eigenvalue weighted by Crippen LogP contribution is 2.18. The highest BCUT2D eigenvalue weighted by atomic mass is 35.5. The molecule has 0 saturated heterocycles. The topological polar surface area (TPSA) is 39.2 Å². The summed E-state index contributed by atoms with van der Waals surface area (Å²) in [4.78, 5) is 13.8. The number of aromatic nitrogens is 1. The van der Waals surface area contributed by atoms with E-state index in [0.717, 1.165) is 0 Å². The summed E-state index contributed by atoms with van der Waals surface area (Å²) >= 11 is 11.5. The zero-order chi connectivity index (χ0) is 9.68. The first-order chi connectivity index (χ1) is 6.24. The summed E-state index contributed by atoms with van der Waals surface area (Å²) in [6.07, 6.45) is 2.00. The van der Waals surface area contributed by atoms with Gasteiger partial charge in [0.05, 0.1) is 22.3 Å². The van der Waals surface area contributed by atoms with Crippen LogP contribution in [0.1, 0.15) is 5.69 Å². The molecule has 3 nitrogen and oxygen atoms in total. The highest BCUT2D eigenvalue weighted by Gasteiger charge is 2.02. The molecule has 0 unspecified atom stereocenters.